The monoisotopic (exact) mass is 252 g/mol. The lowest BCUT2D eigenvalue weighted by atomic mass is 10.1. The molecule has 2 nitrogen and oxygen atoms in total. The van der Waals surface area contributed by atoms with E-state index in [4.69, 9.17) is 0 Å². The first kappa shape index (κ1) is 11.3. The van der Waals surface area contributed by atoms with Crippen molar-refractivity contribution in [3.05, 3.63) is 42.0 Å². The van der Waals surface area contributed by atoms with E-state index in [-0.39, 0.29) is 0 Å². The van der Waals surface area contributed by atoms with Gasteiger partial charge in [-0.3, -0.25) is 4.98 Å². The summed E-state index contributed by atoms with van der Waals surface area (Å²) in [7, 11) is 0. The minimum absolute atomic E-state index is 0.569. The Balaban J connectivity index is 2.01. The molecule has 1 aliphatic heterocycles. The minimum atomic E-state index is -4.39. The molecule has 5 heteroatoms. The van der Waals surface area contributed by atoms with Crippen LogP contribution in [0.4, 0.5) is 13.2 Å². The van der Waals surface area contributed by atoms with Gasteiger partial charge in [0.15, 0.2) is 0 Å². The second-order valence-electron chi connectivity index (χ2n) is 4.44. The van der Waals surface area contributed by atoms with Crippen molar-refractivity contribution >= 4 is 0 Å². The predicted molar refractivity (Wildman–Crippen MR) is 61.0 cm³/mol. The Morgan fingerprint density at radius 2 is 2.00 bits per heavy atom. The molecule has 1 aliphatic rings. The molecule has 2 aromatic heterocycles. The van der Waals surface area contributed by atoms with Gasteiger partial charge in [-0.15, -0.1) is 0 Å². The highest BCUT2D eigenvalue weighted by atomic mass is 19.4. The van der Waals surface area contributed by atoms with Gasteiger partial charge in [0.05, 0.1) is 0 Å². The van der Waals surface area contributed by atoms with E-state index < -0.39 is 11.9 Å². The fourth-order valence-corrected chi connectivity index (χ4v) is 2.33. The number of hydrogen-bond acceptors (Lipinski definition) is 1. The molecule has 0 saturated heterocycles. The summed E-state index contributed by atoms with van der Waals surface area (Å²) >= 11 is 0. The average Bonchev–Trinajstić information content (AvgIpc) is 2.88. The number of pyridine rings is 1. The highest BCUT2D eigenvalue weighted by Gasteiger charge is 2.32. The van der Waals surface area contributed by atoms with Crippen LogP contribution in [0.5, 0.6) is 0 Å². The molecule has 0 saturated carbocycles. The van der Waals surface area contributed by atoms with Gasteiger partial charge in [-0.25, -0.2) is 0 Å². The minimum Gasteiger partial charge on any atom is -0.351 e. The third-order valence-corrected chi connectivity index (χ3v) is 3.20. The number of aromatic nitrogens is 2. The van der Waals surface area contributed by atoms with Gasteiger partial charge in [-0.05, 0) is 42.2 Å². The lowest BCUT2D eigenvalue weighted by Gasteiger charge is -2.06. The van der Waals surface area contributed by atoms with Crippen LogP contribution in [-0.2, 0) is 19.1 Å². The maximum absolute atomic E-state index is 12.6. The summed E-state index contributed by atoms with van der Waals surface area (Å²) in [6.07, 6.45) is 0.841. The predicted octanol–water partition coefficient (Wildman–Crippen LogP) is 3.52. The maximum Gasteiger partial charge on any atom is 0.433 e. The van der Waals surface area contributed by atoms with Crippen LogP contribution >= 0.6 is 0 Å². The van der Waals surface area contributed by atoms with E-state index in [9.17, 15) is 13.2 Å². The van der Waals surface area contributed by atoms with Gasteiger partial charge in [0.1, 0.15) is 5.69 Å². The number of fused-ring (bicyclic) bond motifs is 1. The van der Waals surface area contributed by atoms with E-state index in [2.05, 4.69) is 9.55 Å². The Bertz CT molecular complexity index is 563. The third-order valence-electron chi connectivity index (χ3n) is 3.20. The number of hydrogen-bond donors (Lipinski definition) is 0. The molecule has 0 radical (unpaired) electrons. The van der Waals surface area contributed by atoms with E-state index in [0.717, 1.165) is 31.0 Å². The average molecular weight is 252 g/mol. The molecule has 0 aromatic carbocycles. The van der Waals surface area contributed by atoms with Gasteiger partial charge in [0, 0.05) is 24.6 Å². The van der Waals surface area contributed by atoms with Crippen molar-refractivity contribution in [2.45, 2.75) is 25.6 Å². The van der Waals surface area contributed by atoms with Crippen molar-refractivity contribution < 1.29 is 13.2 Å². The fourth-order valence-electron chi connectivity index (χ4n) is 2.33. The van der Waals surface area contributed by atoms with Crippen molar-refractivity contribution in [3.63, 3.8) is 0 Å². The first-order valence-electron chi connectivity index (χ1n) is 5.77. The summed E-state index contributed by atoms with van der Waals surface area (Å²) in [5.74, 6) is 0. The number of alkyl halides is 3. The maximum atomic E-state index is 12.6. The largest absolute Gasteiger partial charge is 0.433 e. The lowest BCUT2D eigenvalue weighted by Crippen LogP contribution is -2.07. The summed E-state index contributed by atoms with van der Waals surface area (Å²) in [5, 5.41) is 0. The lowest BCUT2D eigenvalue weighted by molar-refractivity contribution is -0.141. The van der Waals surface area contributed by atoms with E-state index in [1.54, 1.807) is 6.07 Å². The van der Waals surface area contributed by atoms with Gasteiger partial charge >= 0.3 is 6.18 Å². The topological polar surface area (TPSA) is 17.8 Å². The normalized spacial score (nSPS) is 14.8. The molecule has 0 N–H and O–H groups in total. The molecule has 0 fully saturated rings. The zero-order valence-corrected chi connectivity index (χ0v) is 9.54. The molecule has 0 bridgehead atoms. The fraction of sp³-hybridized carbons (Fsp3) is 0.308. The van der Waals surface area contributed by atoms with Crippen LogP contribution in [0.2, 0.25) is 0 Å². The molecule has 0 spiro atoms. The summed E-state index contributed by atoms with van der Waals surface area (Å²) in [5.41, 5.74) is 1.75. The Labute approximate surface area is 102 Å². The van der Waals surface area contributed by atoms with Crippen LogP contribution in [0.3, 0.4) is 0 Å². The zero-order valence-electron chi connectivity index (χ0n) is 9.54. The number of halogens is 3. The summed E-state index contributed by atoms with van der Waals surface area (Å²) in [4.78, 5) is 3.37. The molecule has 94 valence electrons. The first-order chi connectivity index (χ1) is 8.54. The quantitative estimate of drug-likeness (QED) is 0.759. The Hall–Kier alpha value is -1.78. The van der Waals surface area contributed by atoms with E-state index in [0.29, 0.717) is 5.56 Å². The first-order valence-corrected chi connectivity index (χ1v) is 5.77. The summed E-state index contributed by atoms with van der Waals surface area (Å²) in [6, 6.07) is 4.67. The van der Waals surface area contributed by atoms with Gasteiger partial charge < -0.3 is 4.57 Å². The highest BCUT2D eigenvalue weighted by molar-refractivity contribution is 5.64. The zero-order chi connectivity index (χ0) is 12.8. The van der Waals surface area contributed by atoms with Gasteiger partial charge in [0.25, 0.3) is 0 Å². The molecular weight excluding hydrogens is 241 g/mol. The van der Waals surface area contributed by atoms with Crippen molar-refractivity contribution in [2.75, 3.05) is 0 Å². The van der Waals surface area contributed by atoms with Crippen LogP contribution in [0.1, 0.15) is 17.8 Å². The van der Waals surface area contributed by atoms with Gasteiger partial charge in [-0.2, -0.15) is 13.2 Å². The molecule has 3 rings (SSSR count). The molecule has 0 aliphatic carbocycles. The van der Waals surface area contributed by atoms with Crippen LogP contribution in [-0.4, -0.2) is 9.55 Å². The van der Waals surface area contributed by atoms with Crippen molar-refractivity contribution in [1.82, 2.24) is 9.55 Å². The summed E-state index contributed by atoms with van der Waals surface area (Å²) in [6.45, 7) is 0.951. The second kappa shape index (κ2) is 3.86. The van der Waals surface area contributed by atoms with Crippen molar-refractivity contribution in [2.24, 2.45) is 0 Å². The standard InChI is InChI=1S/C13H11F3N2/c14-13(15,16)12-7-9(3-4-17-12)10-6-11-2-1-5-18(11)8-10/h3-4,6-8H,1-2,5H2. The van der Waals surface area contributed by atoms with Crippen LogP contribution in [0.25, 0.3) is 11.1 Å². The molecule has 3 heterocycles. The Kier molecular flexibility index (Phi) is 2.43. The van der Waals surface area contributed by atoms with E-state index in [1.807, 2.05) is 12.3 Å². The van der Waals surface area contributed by atoms with E-state index in [1.165, 1.54) is 11.9 Å². The van der Waals surface area contributed by atoms with E-state index >= 15 is 0 Å². The SMILES string of the molecule is FC(F)(F)c1cc(-c2cc3n(c2)CCC3)ccn1. The molecular formula is C13H11F3N2. The second-order valence-corrected chi connectivity index (χ2v) is 4.44. The smallest absolute Gasteiger partial charge is 0.351 e. The Morgan fingerprint density at radius 1 is 1.17 bits per heavy atom. The van der Waals surface area contributed by atoms with Crippen molar-refractivity contribution in [1.29, 1.82) is 0 Å². The summed E-state index contributed by atoms with van der Waals surface area (Å²) < 4.78 is 39.8. The van der Waals surface area contributed by atoms with Crippen LogP contribution in [0.15, 0.2) is 30.6 Å². The van der Waals surface area contributed by atoms with Gasteiger partial charge in [-0.1, -0.05) is 0 Å². The highest BCUT2D eigenvalue weighted by Crippen LogP contribution is 2.32. The Morgan fingerprint density at radius 3 is 2.72 bits per heavy atom. The molecule has 18 heavy (non-hydrogen) atoms. The third kappa shape index (κ3) is 1.89. The van der Waals surface area contributed by atoms with Gasteiger partial charge in [0.2, 0.25) is 0 Å². The number of rotatable bonds is 1. The van der Waals surface area contributed by atoms with Crippen molar-refractivity contribution in [3.8, 4) is 11.1 Å². The van der Waals surface area contributed by atoms with Crippen LogP contribution in [0, 0.1) is 0 Å². The molecule has 2 aromatic rings. The molecule has 0 atom stereocenters. The molecule has 0 unspecified atom stereocenters. The molecule has 0 amide bonds. The number of nitrogens with zero attached hydrogens (tertiary/aromatic N) is 2. The number of aryl methyl sites for hydroxylation is 2. The van der Waals surface area contributed by atoms with Crippen LogP contribution < -0.4 is 0 Å².